The van der Waals surface area contributed by atoms with Crippen molar-refractivity contribution in [2.24, 2.45) is 0 Å². The van der Waals surface area contributed by atoms with E-state index in [1.807, 2.05) is 0 Å². The highest BCUT2D eigenvalue weighted by atomic mass is 35.5. The lowest BCUT2D eigenvalue weighted by Gasteiger charge is -2.19. The topological polar surface area (TPSA) is 56.1 Å². The van der Waals surface area contributed by atoms with Gasteiger partial charge in [0.05, 0.1) is 16.9 Å². The number of hydrogen-bond donors (Lipinski definition) is 1. The van der Waals surface area contributed by atoms with E-state index >= 15 is 0 Å². The SMILES string of the molecule is CC(C)(C)OC(=O)NCc1cc(F)cc(-c2cnn(-c3ccc(F)c(Cl)c3)c2)c1. The third-order valence-corrected chi connectivity index (χ3v) is 4.17. The van der Waals surface area contributed by atoms with Gasteiger partial charge < -0.3 is 10.1 Å². The van der Waals surface area contributed by atoms with E-state index < -0.39 is 23.3 Å². The van der Waals surface area contributed by atoms with Crippen molar-refractivity contribution in [1.82, 2.24) is 15.1 Å². The summed E-state index contributed by atoms with van der Waals surface area (Å²) in [5, 5.41) is 6.82. The second-order valence-corrected chi connectivity index (χ2v) is 7.88. The van der Waals surface area contributed by atoms with Crippen LogP contribution in [0.4, 0.5) is 13.6 Å². The zero-order chi connectivity index (χ0) is 21.2. The monoisotopic (exact) mass is 419 g/mol. The molecule has 0 atom stereocenters. The highest BCUT2D eigenvalue weighted by Crippen LogP contribution is 2.24. The van der Waals surface area contributed by atoms with Gasteiger partial charge in [-0.3, -0.25) is 0 Å². The Morgan fingerprint density at radius 2 is 1.93 bits per heavy atom. The van der Waals surface area contributed by atoms with Gasteiger partial charge in [0.2, 0.25) is 0 Å². The number of amides is 1. The van der Waals surface area contributed by atoms with E-state index in [4.69, 9.17) is 16.3 Å². The molecule has 29 heavy (non-hydrogen) atoms. The Bertz CT molecular complexity index is 1040. The van der Waals surface area contributed by atoms with Crippen molar-refractivity contribution in [3.05, 3.63) is 71.0 Å². The summed E-state index contributed by atoms with van der Waals surface area (Å²) in [5.41, 5.74) is 1.78. The molecule has 0 aliphatic heterocycles. The van der Waals surface area contributed by atoms with Gasteiger partial charge in [-0.15, -0.1) is 0 Å². The van der Waals surface area contributed by atoms with Crippen molar-refractivity contribution in [3.63, 3.8) is 0 Å². The summed E-state index contributed by atoms with van der Waals surface area (Å²) in [5.74, 6) is -0.962. The van der Waals surface area contributed by atoms with Crippen molar-refractivity contribution >= 4 is 17.7 Å². The van der Waals surface area contributed by atoms with Crippen LogP contribution in [-0.4, -0.2) is 21.5 Å². The number of rotatable bonds is 4. The van der Waals surface area contributed by atoms with Gasteiger partial charge >= 0.3 is 6.09 Å². The van der Waals surface area contributed by atoms with Crippen molar-refractivity contribution in [2.45, 2.75) is 32.9 Å². The molecule has 1 amide bonds. The van der Waals surface area contributed by atoms with Gasteiger partial charge in [0, 0.05) is 18.3 Å². The molecule has 3 rings (SSSR count). The number of benzene rings is 2. The van der Waals surface area contributed by atoms with Crippen LogP contribution in [0.5, 0.6) is 0 Å². The fraction of sp³-hybridized carbons (Fsp3) is 0.238. The minimum atomic E-state index is -0.616. The maximum absolute atomic E-state index is 14.1. The van der Waals surface area contributed by atoms with Crippen LogP contribution in [0, 0.1) is 11.6 Å². The van der Waals surface area contributed by atoms with Crippen LogP contribution in [0.2, 0.25) is 5.02 Å². The summed E-state index contributed by atoms with van der Waals surface area (Å²) in [4.78, 5) is 11.8. The third-order valence-electron chi connectivity index (χ3n) is 3.88. The summed E-state index contributed by atoms with van der Waals surface area (Å²) < 4.78 is 34.2. The zero-order valence-electron chi connectivity index (χ0n) is 16.2. The van der Waals surface area contributed by atoms with Gasteiger partial charge in [0.25, 0.3) is 0 Å². The number of carbonyl (C=O) groups is 1. The Hall–Kier alpha value is -2.93. The summed E-state index contributed by atoms with van der Waals surface area (Å²) in [7, 11) is 0. The van der Waals surface area contributed by atoms with E-state index in [2.05, 4.69) is 10.4 Å². The number of aromatic nitrogens is 2. The maximum Gasteiger partial charge on any atom is 0.407 e. The van der Waals surface area contributed by atoms with Gasteiger partial charge in [-0.25, -0.2) is 18.3 Å². The van der Waals surface area contributed by atoms with E-state index in [0.29, 0.717) is 22.4 Å². The number of carbonyl (C=O) groups excluding carboxylic acids is 1. The van der Waals surface area contributed by atoms with E-state index in [0.717, 1.165) is 0 Å². The Labute approximate surface area is 172 Å². The molecule has 0 aliphatic rings. The van der Waals surface area contributed by atoms with Gasteiger partial charge in [-0.2, -0.15) is 5.10 Å². The first-order chi connectivity index (χ1) is 13.6. The molecule has 152 valence electrons. The number of nitrogens with one attached hydrogen (secondary N) is 1. The molecular formula is C21H20ClF2N3O2. The highest BCUT2D eigenvalue weighted by Gasteiger charge is 2.16. The van der Waals surface area contributed by atoms with Crippen LogP contribution in [0.1, 0.15) is 26.3 Å². The van der Waals surface area contributed by atoms with Gasteiger partial charge in [-0.1, -0.05) is 11.6 Å². The molecule has 0 unspecified atom stereocenters. The normalized spacial score (nSPS) is 11.4. The first kappa shape index (κ1) is 20.8. The quantitative estimate of drug-likeness (QED) is 0.607. The van der Waals surface area contributed by atoms with E-state index in [9.17, 15) is 13.6 Å². The molecule has 0 aliphatic carbocycles. The molecule has 2 aromatic carbocycles. The fourth-order valence-corrected chi connectivity index (χ4v) is 2.82. The predicted molar refractivity (Wildman–Crippen MR) is 107 cm³/mol. The number of halogens is 3. The lowest BCUT2D eigenvalue weighted by Crippen LogP contribution is -2.32. The van der Waals surface area contributed by atoms with Crippen LogP contribution >= 0.6 is 11.6 Å². The van der Waals surface area contributed by atoms with Crippen LogP contribution in [0.25, 0.3) is 16.8 Å². The largest absolute Gasteiger partial charge is 0.444 e. The van der Waals surface area contributed by atoms with Crippen molar-refractivity contribution in [1.29, 1.82) is 0 Å². The molecule has 0 saturated heterocycles. The molecule has 0 radical (unpaired) electrons. The summed E-state index contributed by atoms with van der Waals surface area (Å²) in [6.07, 6.45) is 2.67. The Morgan fingerprint density at radius 1 is 1.17 bits per heavy atom. The van der Waals surface area contributed by atoms with Crippen molar-refractivity contribution in [2.75, 3.05) is 0 Å². The Morgan fingerprint density at radius 3 is 2.62 bits per heavy atom. The van der Waals surface area contributed by atoms with Crippen molar-refractivity contribution < 1.29 is 18.3 Å². The van der Waals surface area contributed by atoms with E-state index in [1.165, 1.54) is 28.9 Å². The van der Waals surface area contributed by atoms with Crippen molar-refractivity contribution in [3.8, 4) is 16.8 Å². The minimum absolute atomic E-state index is 0.0131. The molecule has 0 spiro atoms. The standard InChI is InChI=1S/C21H20ClF2N3O2/c1-21(2,3)29-20(28)25-10-13-6-14(8-16(23)7-13)15-11-26-27(12-15)17-4-5-19(24)18(22)9-17/h4-9,11-12H,10H2,1-3H3,(H,25,28). The zero-order valence-corrected chi connectivity index (χ0v) is 16.9. The van der Waals surface area contributed by atoms with Gasteiger partial charge in [-0.05, 0) is 68.3 Å². The molecule has 3 aromatic rings. The average molecular weight is 420 g/mol. The molecule has 1 aromatic heterocycles. The van der Waals surface area contributed by atoms with E-state index in [-0.39, 0.29) is 11.6 Å². The first-order valence-corrected chi connectivity index (χ1v) is 9.25. The molecule has 0 fully saturated rings. The van der Waals surface area contributed by atoms with Crippen LogP contribution < -0.4 is 5.32 Å². The molecule has 8 heteroatoms. The molecule has 5 nitrogen and oxygen atoms in total. The summed E-state index contributed by atoms with van der Waals surface area (Å²) in [6, 6.07) is 8.71. The summed E-state index contributed by atoms with van der Waals surface area (Å²) >= 11 is 5.82. The maximum atomic E-state index is 14.1. The molecule has 0 saturated carbocycles. The number of hydrogen-bond acceptors (Lipinski definition) is 3. The van der Waals surface area contributed by atoms with E-state index in [1.54, 1.807) is 45.3 Å². The lowest BCUT2D eigenvalue weighted by molar-refractivity contribution is 0.0523. The fourth-order valence-electron chi connectivity index (χ4n) is 2.65. The molecule has 1 N–H and O–H groups in total. The average Bonchev–Trinajstić information content (AvgIpc) is 3.11. The van der Waals surface area contributed by atoms with Crippen LogP contribution in [-0.2, 0) is 11.3 Å². The number of alkyl carbamates (subject to hydrolysis) is 1. The van der Waals surface area contributed by atoms with Gasteiger partial charge in [0.15, 0.2) is 0 Å². The van der Waals surface area contributed by atoms with Gasteiger partial charge in [0.1, 0.15) is 17.2 Å². The second-order valence-electron chi connectivity index (χ2n) is 7.48. The smallest absolute Gasteiger partial charge is 0.407 e. The Balaban J connectivity index is 1.78. The lowest BCUT2D eigenvalue weighted by atomic mass is 10.1. The Kier molecular flexibility index (Phi) is 5.88. The third kappa shape index (κ3) is 5.54. The molecule has 1 heterocycles. The first-order valence-electron chi connectivity index (χ1n) is 8.87. The molecular weight excluding hydrogens is 400 g/mol. The summed E-state index contributed by atoms with van der Waals surface area (Å²) in [6.45, 7) is 5.40. The highest BCUT2D eigenvalue weighted by molar-refractivity contribution is 6.30. The predicted octanol–water partition coefficient (Wildman–Crippen LogP) is 5.50. The van der Waals surface area contributed by atoms with Crippen LogP contribution in [0.15, 0.2) is 48.8 Å². The number of ether oxygens (including phenoxy) is 1. The minimum Gasteiger partial charge on any atom is -0.444 e. The van der Waals surface area contributed by atoms with Crippen LogP contribution in [0.3, 0.4) is 0 Å². The molecule has 0 bridgehead atoms. The number of nitrogens with zero attached hydrogens (tertiary/aromatic N) is 2. The second kappa shape index (κ2) is 8.21.